The number of aromatic hydroxyl groups is 1. The fraction of sp³-hybridized carbons (Fsp3) is 0.0714. The van der Waals surface area contributed by atoms with Gasteiger partial charge in [-0.05, 0) is 34.9 Å². The molecule has 0 spiro atoms. The second-order valence-electron chi connectivity index (χ2n) is 4.29. The van der Waals surface area contributed by atoms with Crippen molar-refractivity contribution in [1.29, 1.82) is 0 Å². The SMILES string of the molecule is Nc1ccc(-c2ccc(O)cc2)c2c1C(=O)NC2. The molecular formula is C14H12N2O2. The maximum atomic E-state index is 11.7. The molecule has 0 bridgehead atoms. The van der Waals surface area contributed by atoms with Crippen LogP contribution in [0.3, 0.4) is 0 Å². The summed E-state index contributed by atoms with van der Waals surface area (Å²) in [5.41, 5.74) is 9.76. The Bertz CT molecular complexity index is 633. The van der Waals surface area contributed by atoms with E-state index in [0.717, 1.165) is 16.7 Å². The highest BCUT2D eigenvalue weighted by Crippen LogP contribution is 2.33. The van der Waals surface area contributed by atoms with Gasteiger partial charge in [0.2, 0.25) is 0 Å². The lowest BCUT2D eigenvalue weighted by atomic mass is 9.96. The summed E-state index contributed by atoms with van der Waals surface area (Å²) < 4.78 is 0. The number of amides is 1. The molecule has 3 rings (SSSR count). The van der Waals surface area contributed by atoms with Crippen LogP contribution in [0.4, 0.5) is 5.69 Å². The maximum Gasteiger partial charge on any atom is 0.254 e. The maximum absolute atomic E-state index is 11.7. The molecule has 90 valence electrons. The van der Waals surface area contributed by atoms with Gasteiger partial charge in [-0.3, -0.25) is 4.79 Å². The zero-order chi connectivity index (χ0) is 12.7. The van der Waals surface area contributed by atoms with Crippen LogP contribution in [0, 0.1) is 0 Å². The standard InChI is InChI=1S/C14H12N2O2/c15-12-6-5-10(8-1-3-9(17)4-2-8)11-7-16-14(18)13(11)12/h1-6,17H,7,15H2,(H,16,18). The summed E-state index contributed by atoms with van der Waals surface area (Å²) in [6.07, 6.45) is 0. The van der Waals surface area contributed by atoms with Gasteiger partial charge < -0.3 is 16.2 Å². The van der Waals surface area contributed by atoms with Gasteiger partial charge in [-0.1, -0.05) is 18.2 Å². The first-order chi connectivity index (χ1) is 8.66. The quantitative estimate of drug-likeness (QED) is 0.666. The summed E-state index contributed by atoms with van der Waals surface area (Å²) in [7, 11) is 0. The minimum absolute atomic E-state index is 0.122. The van der Waals surface area contributed by atoms with Crippen LogP contribution in [0.5, 0.6) is 5.75 Å². The van der Waals surface area contributed by atoms with Gasteiger partial charge in [0.1, 0.15) is 5.75 Å². The highest BCUT2D eigenvalue weighted by molar-refractivity contribution is 6.05. The summed E-state index contributed by atoms with van der Waals surface area (Å²) in [5.74, 6) is 0.100. The molecule has 4 heteroatoms. The minimum Gasteiger partial charge on any atom is -0.508 e. The molecule has 4 N–H and O–H groups in total. The number of phenols is 1. The van der Waals surface area contributed by atoms with Crippen LogP contribution in [0.15, 0.2) is 36.4 Å². The molecule has 0 saturated carbocycles. The third-order valence-electron chi connectivity index (χ3n) is 3.18. The predicted octanol–water partition coefficient (Wildman–Crippen LogP) is 1.88. The molecular weight excluding hydrogens is 228 g/mol. The second kappa shape index (κ2) is 3.77. The molecule has 1 aliphatic heterocycles. The highest BCUT2D eigenvalue weighted by atomic mass is 16.3. The van der Waals surface area contributed by atoms with E-state index in [1.165, 1.54) is 0 Å². The Morgan fingerprint density at radius 1 is 1.11 bits per heavy atom. The van der Waals surface area contributed by atoms with Gasteiger partial charge in [-0.2, -0.15) is 0 Å². The van der Waals surface area contributed by atoms with Gasteiger partial charge in [0, 0.05) is 12.2 Å². The molecule has 2 aromatic carbocycles. The normalized spacial score (nSPS) is 13.2. The first-order valence-corrected chi connectivity index (χ1v) is 5.66. The Morgan fingerprint density at radius 2 is 1.83 bits per heavy atom. The number of nitrogens with one attached hydrogen (secondary N) is 1. The van der Waals surface area contributed by atoms with Crippen LogP contribution in [-0.4, -0.2) is 11.0 Å². The number of fused-ring (bicyclic) bond motifs is 1. The van der Waals surface area contributed by atoms with Gasteiger partial charge in [-0.25, -0.2) is 0 Å². The van der Waals surface area contributed by atoms with E-state index in [-0.39, 0.29) is 11.7 Å². The summed E-state index contributed by atoms with van der Waals surface area (Å²) >= 11 is 0. The van der Waals surface area contributed by atoms with Crippen molar-refractivity contribution < 1.29 is 9.90 Å². The van der Waals surface area contributed by atoms with Crippen molar-refractivity contribution in [3.05, 3.63) is 47.5 Å². The van der Waals surface area contributed by atoms with E-state index in [4.69, 9.17) is 5.73 Å². The average Bonchev–Trinajstić information content (AvgIpc) is 2.75. The van der Waals surface area contributed by atoms with Gasteiger partial charge in [0.05, 0.1) is 5.56 Å². The summed E-state index contributed by atoms with van der Waals surface area (Å²) in [4.78, 5) is 11.7. The van der Waals surface area contributed by atoms with Gasteiger partial charge in [0.15, 0.2) is 0 Å². The number of nitrogens with two attached hydrogens (primary N) is 1. The van der Waals surface area contributed by atoms with Crippen LogP contribution >= 0.6 is 0 Å². The van der Waals surface area contributed by atoms with E-state index >= 15 is 0 Å². The first-order valence-electron chi connectivity index (χ1n) is 5.66. The third kappa shape index (κ3) is 1.50. The molecule has 1 heterocycles. The Hall–Kier alpha value is -2.49. The van der Waals surface area contributed by atoms with Crippen LogP contribution < -0.4 is 11.1 Å². The zero-order valence-corrected chi connectivity index (χ0v) is 9.60. The molecule has 18 heavy (non-hydrogen) atoms. The highest BCUT2D eigenvalue weighted by Gasteiger charge is 2.24. The fourth-order valence-corrected chi connectivity index (χ4v) is 2.29. The van der Waals surface area contributed by atoms with Crippen molar-refractivity contribution in [3.8, 4) is 16.9 Å². The average molecular weight is 240 g/mol. The Kier molecular flexibility index (Phi) is 2.23. The Balaban J connectivity index is 2.20. The molecule has 0 unspecified atom stereocenters. The van der Waals surface area contributed by atoms with Crippen LogP contribution in [0.1, 0.15) is 15.9 Å². The van der Waals surface area contributed by atoms with Crippen LogP contribution in [-0.2, 0) is 6.54 Å². The molecule has 0 aromatic heterocycles. The zero-order valence-electron chi connectivity index (χ0n) is 9.60. The molecule has 0 aliphatic carbocycles. The number of hydrogen-bond donors (Lipinski definition) is 3. The van der Waals surface area contributed by atoms with Crippen molar-refractivity contribution >= 4 is 11.6 Å². The van der Waals surface area contributed by atoms with Crippen molar-refractivity contribution in [2.24, 2.45) is 0 Å². The van der Waals surface area contributed by atoms with Crippen molar-refractivity contribution in [1.82, 2.24) is 5.32 Å². The van der Waals surface area contributed by atoms with E-state index in [1.54, 1.807) is 18.2 Å². The molecule has 1 aliphatic rings. The topological polar surface area (TPSA) is 75.3 Å². The predicted molar refractivity (Wildman–Crippen MR) is 69.1 cm³/mol. The first kappa shape index (κ1) is 10.7. The lowest BCUT2D eigenvalue weighted by Gasteiger charge is -2.09. The number of benzene rings is 2. The van der Waals surface area contributed by atoms with Crippen molar-refractivity contribution in [3.63, 3.8) is 0 Å². The number of rotatable bonds is 1. The van der Waals surface area contributed by atoms with E-state index in [1.807, 2.05) is 18.2 Å². The molecule has 0 radical (unpaired) electrons. The van der Waals surface area contributed by atoms with Crippen LogP contribution in [0.2, 0.25) is 0 Å². The fourth-order valence-electron chi connectivity index (χ4n) is 2.29. The number of nitrogen functional groups attached to an aromatic ring is 1. The number of phenolic OH excluding ortho intramolecular Hbond substituents is 1. The lowest BCUT2D eigenvalue weighted by molar-refractivity contribution is 0.0966. The largest absolute Gasteiger partial charge is 0.508 e. The second-order valence-corrected chi connectivity index (χ2v) is 4.29. The smallest absolute Gasteiger partial charge is 0.254 e. The molecule has 4 nitrogen and oxygen atoms in total. The monoisotopic (exact) mass is 240 g/mol. The summed E-state index contributed by atoms with van der Waals surface area (Å²) in [6.45, 7) is 0.495. The number of carbonyl (C=O) groups excluding carboxylic acids is 1. The summed E-state index contributed by atoms with van der Waals surface area (Å²) in [6, 6.07) is 10.5. The van der Waals surface area contributed by atoms with Crippen molar-refractivity contribution in [2.45, 2.75) is 6.54 Å². The molecule has 0 saturated heterocycles. The van der Waals surface area contributed by atoms with E-state index < -0.39 is 0 Å². The number of carbonyl (C=O) groups is 1. The Labute approximate surface area is 104 Å². The van der Waals surface area contributed by atoms with E-state index in [9.17, 15) is 9.90 Å². The van der Waals surface area contributed by atoms with E-state index in [0.29, 0.717) is 17.8 Å². The van der Waals surface area contributed by atoms with Gasteiger partial charge >= 0.3 is 0 Å². The third-order valence-corrected chi connectivity index (χ3v) is 3.18. The number of anilines is 1. The van der Waals surface area contributed by atoms with Gasteiger partial charge in [0.25, 0.3) is 5.91 Å². The molecule has 1 amide bonds. The summed E-state index contributed by atoms with van der Waals surface area (Å²) in [5, 5.41) is 12.1. The minimum atomic E-state index is -0.122. The van der Waals surface area contributed by atoms with E-state index in [2.05, 4.69) is 5.32 Å². The lowest BCUT2D eigenvalue weighted by Crippen LogP contribution is -2.13. The number of hydrogen-bond acceptors (Lipinski definition) is 3. The van der Waals surface area contributed by atoms with Gasteiger partial charge in [-0.15, -0.1) is 0 Å². The molecule has 2 aromatic rings. The molecule has 0 atom stereocenters. The van der Waals surface area contributed by atoms with Crippen molar-refractivity contribution in [2.75, 3.05) is 5.73 Å². The van der Waals surface area contributed by atoms with Crippen LogP contribution in [0.25, 0.3) is 11.1 Å². The Morgan fingerprint density at radius 3 is 2.56 bits per heavy atom. The molecule has 0 fully saturated rings.